The molecule has 0 radical (unpaired) electrons. The van der Waals surface area contributed by atoms with Crippen LogP contribution in [0.5, 0.6) is 0 Å². The van der Waals surface area contributed by atoms with E-state index in [1.807, 2.05) is 0 Å². The second kappa shape index (κ2) is 17.1. The zero-order chi connectivity index (χ0) is 41.3. The van der Waals surface area contributed by atoms with Gasteiger partial charge in [0.05, 0.1) is 12.9 Å². The zero-order valence-electron chi connectivity index (χ0n) is 35.1. The van der Waals surface area contributed by atoms with Gasteiger partial charge in [0.1, 0.15) is 41.4 Å². The smallest absolute Gasteiger partial charge is 0.437 e. The van der Waals surface area contributed by atoms with Crippen LogP contribution in [0.4, 0.5) is 15.4 Å². The Morgan fingerprint density at radius 3 is 2.11 bits per heavy atom. The molecule has 0 spiro atoms. The van der Waals surface area contributed by atoms with E-state index >= 15 is 0 Å². The van der Waals surface area contributed by atoms with Crippen molar-refractivity contribution in [3.8, 4) is 0 Å². The largest absolute Gasteiger partial charge is 0.443 e. The number of nitrogens with two attached hydrogens (primary N) is 2. The minimum atomic E-state index is -3.08. The first-order chi connectivity index (χ1) is 25.4. The van der Waals surface area contributed by atoms with Crippen molar-refractivity contribution in [3.63, 3.8) is 0 Å². The van der Waals surface area contributed by atoms with Gasteiger partial charge in [0.15, 0.2) is 17.7 Å². The number of aromatic nitrogens is 4. The predicted octanol–water partition coefficient (Wildman–Crippen LogP) is 6.52. The van der Waals surface area contributed by atoms with Crippen molar-refractivity contribution in [1.29, 1.82) is 0 Å². The molecular formula is C36H64N8O9Si2. The molecule has 2 aliphatic rings. The number of fused-ring (bicyclic) bond motifs is 2. The number of carbonyl (C=O) groups excluding carboxylic acids is 2. The fraction of sp³-hybridized carbons (Fsp3) is 0.778. The number of aliphatic imine (C=N–C) groups is 1. The molecule has 2 saturated heterocycles. The fourth-order valence-corrected chi connectivity index (χ4v) is 18.3. The van der Waals surface area contributed by atoms with Gasteiger partial charge in [-0.15, -0.1) is 4.99 Å². The van der Waals surface area contributed by atoms with Crippen LogP contribution in [-0.4, -0.2) is 109 Å². The molecule has 2 aliphatic heterocycles. The Morgan fingerprint density at radius 2 is 1.55 bits per heavy atom. The van der Waals surface area contributed by atoms with Crippen LogP contribution in [0.25, 0.3) is 11.2 Å². The second-order valence-electron chi connectivity index (χ2n) is 17.5. The van der Waals surface area contributed by atoms with Gasteiger partial charge in [0.2, 0.25) is 5.96 Å². The maximum absolute atomic E-state index is 13.3. The van der Waals surface area contributed by atoms with Crippen molar-refractivity contribution in [2.45, 2.75) is 161 Å². The molecule has 19 heteroatoms. The lowest BCUT2D eigenvalue weighted by Gasteiger charge is -2.51. The summed E-state index contributed by atoms with van der Waals surface area (Å²) in [6.07, 6.45) is -1.03. The van der Waals surface area contributed by atoms with Gasteiger partial charge < -0.3 is 43.4 Å². The average molecular weight is 809 g/mol. The molecule has 4 heterocycles. The Kier molecular flexibility index (Phi) is 13.8. The maximum Gasteiger partial charge on any atom is 0.437 e. The highest BCUT2D eigenvalue weighted by molar-refractivity contribution is 6.84. The normalized spacial score (nSPS) is 23.3. The summed E-state index contributed by atoms with van der Waals surface area (Å²) in [6.45, 7) is 28.0. The summed E-state index contributed by atoms with van der Waals surface area (Å²) in [5, 5.41) is 0. The van der Waals surface area contributed by atoms with E-state index < -0.39 is 65.1 Å². The lowest BCUT2D eigenvalue weighted by atomic mass is 10.1. The molecule has 0 unspecified atom stereocenters. The fourth-order valence-electron chi connectivity index (χ4n) is 7.08. The molecule has 17 nitrogen and oxygen atoms in total. The summed E-state index contributed by atoms with van der Waals surface area (Å²) in [5.74, 6) is -0.125. The SMILES string of the molecule is CC(C)[Si]1(C(C)C)OC[C@H]2O[C@@H](n3cnc4c(N)ncnc43)[C@H](OCCCN(C(=O)OC(C)(C)C)C(N)=NC(=O)OC(C)(C)C)[C@@H]2O[Si](C(C)C)(C(C)C)O1. The zero-order valence-corrected chi connectivity index (χ0v) is 37.1. The Balaban J connectivity index is 1.71. The number of anilines is 1. The molecule has 0 bridgehead atoms. The molecule has 4 atom stereocenters. The highest BCUT2D eigenvalue weighted by Crippen LogP contribution is 2.49. The highest BCUT2D eigenvalue weighted by atomic mass is 28.5. The summed E-state index contributed by atoms with van der Waals surface area (Å²) in [6, 6.07) is 0. The Hall–Kier alpha value is -3.21. The lowest BCUT2D eigenvalue weighted by molar-refractivity contribution is -0.0700. The maximum atomic E-state index is 13.3. The van der Waals surface area contributed by atoms with E-state index in [-0.39, 0.29) is 60.1 Å². The van der Waals surface area contributed by atoms with Gasteiger partial charge in [-0.05, 0) is 70.1 Å². The minimum Gasteiger partial charge on any atom is -0.443 e. The van der Waals surface area contributed by atoms with Gasteiger partial charge in [-0.25, -0.2) is 29.4 Å². The van der Waals surface area contributed by atoms with Crippen molar-refractivity contribution in [3.05, 3.63) is 12.7 Å². The van der Waals surface area contributed by atoms with Crippen molar-refractivity contribution in [2.24, 2.45) is 10.7 Å². The predicted molar refractivity (Wildman–Crippen MR) is 213 cm³/mol. The van der Waals surface area contributed by atoms with Gasteiger partial charge in [0, 0.05) is 13.2 Å². The summed E-state index contributed by atoms with van der Waals surface area (Å²) in [7, 11) is -5.93. The molecule has 4 rings (SSSR count). The van der Waals surface area contributed by atoms with E-state index in [0.717, 1.165) is 4.90 Å². The summed E-state index contributed by atoms with van der Waals surface area (Å²) in [4.78, 5) is 43.9. The number of hydrogen-bond acceptors (Lipinski definition) is 13. The molecule has 0 aliphatic carbocycles. The van der Waals surface area contributed by atoms with Gasteiger partial charge >= 0.3 is 29.3 Å². The van der Waals surface area contributed by atoms with Crippen LogP contribution < -0.4 is 11.5 Å². The van der Waals surface area contributed by atoms with Gasteiger partial charge in [-0.2, -0.15) is 0 Å². The first-order valence-corrected chi connectivity index (χ1v) is 23.2. The number of imidazole rings is 1. The Bertz CT molecular complexity index is 1660. The van der Waals surface area contributed by atoms with E-state index in [2.05, 4.69) is 75.3 Å². The number of nitrogens with zero attached hydrogens (tertiary/aromatic N) is 6. The van der Waals surface area contributed by atoms with Crippen LogP contribution in [0, 0.1) is 0 Å². The number of guanidine groups is 1. The molecule has 0 saturated carbocycles. The number of carbonyl (C=O) groups is 2. The quantitative estimate of drug-likeness (QED) is 0.113. The standard InChI is InChI=1S/C36H64N8O9Si2/c1-21(2)54(22(3)4)48-18-25-27(52-55(53-54,23(5)6)24(7)8)28(31(49-25)44-20-41-26-29(37)39-19-40-30(26)44)47-17-15-16-43(34(46)51-36(12,13)14)32(38)42-33(45)50-35(9,10)11/h19-25,27-28,31H,15-18H2,1-14H3,(H2,37,39,40)(H2,38,42,45)/t25-,27-,28-,31-/m1/s1. The van der Waals surface area contributed by atoms with E-state index in [0.29, 0.717) is 11.2 Å². The van der Waals surface area contributed by atoms with Crippen LogP contribution in [0.15, 0.2) is 17.6 Å². The molecule has 2 amide bonds. The highest BCUT2D eigenvalue weighted by Gasteiger charge is 2.62. The van der Waals surface area contributed by atoms with Crippen LogP contribution in [0.1, 0.15) is 110 Å². The third-order valence-corrected chi connectivity index (χ3v) is 19.9. The third-order valence-electron chi connectivity index (χ3n) is 9.60. The van der Waals surface area contributed by atoms with Crippen LogP contribution in [0.2, 0.25) is 22.2 Å². The molecule has 0 aromatic carbocycles. The first kappa shape index (κ1) is 44.5. The van der Waals surface area contributed by atoms with E-state index in [9.17, 15) is 9.59 Å². The Morgan fingerprint density at radius 1 is 0.945 bits per heavy atom. The summed E-state index contributed by atoms with van der Waals surface area (Å²) in [5.41, 5.74) is 12.1. The van der Waals surface area contributed by atoms with Gasteiger partial charge in [-0.1, -0.05) is 55.4 Å². The number of hydrogen-bond donors (Lipinski definition) is 2. The summed E-state index contributed by atoms with van der Waals surface area (Å²) < 4.78 is 48.1. The van der Waals surface area contributed by atoms with Crippen LogP contribution in [0.3, 0.4) is 0 Å². The second-order valence-corrected chi connectivity index (χ2v) is 26.3. The lowest BCUT2D eigenvalue weighted by Crippen LogP contribution is -2.66. The molecule has 4 N–H and O–H groups in total. The first-order valence-electron chi connectivity index (χ1n) is 19.2. The minimum absolute atomic E-state index is 0.0117. The number of amides is 2. The molecular weight excluding hydrogens is 745 g/mol. The van der Waals surface area contributed by atoms with Crippen molar-refractivity contribution in [2.75, 3.05) is 25.5 Å². The third kappa shape index (κ3) is 10.0. The van der Waals surface area contributed by atoms with E-state index in [1.54, 1.807) is 52.4 Å². The summed E-state index contributed by atoms with van der Waals surface area (Å²) >= 11 is 0. The van der Waals surface area contributed by atoms with Gasteiger partial charge in [-0.3, -0.25) is 4.57 Å². The van der Waals surface area contributed by atoms with Crippen molar-refractivity contribution in [1.82, 2.24) is 24.4 Å². The number of rotatable bonds is 10. The molecule has 55 heavy (non-hydrogen) atoms. The topological polar surface area (TPSA) is 210 Å². The molecule has 2 fully saturated rings. The van der Waals surface area contributed by atoms with Crippen LogP contribution in [-0.2, 0) is 31.9 Å². The average Bonchev–Trinajstić information content (AvgIpc) is 3.60. The van der Waals surface area contributed by atoms with Gasteiger partial charge in [0.25, 0.3) is 0 Å². The molecule has 2 aromatic heterocycles. The Labute approximate surface area is 327 Å². The molecule has 2 aromatic rings. The monoisotopic (exact) mass is 808 g/mol. The number of ether oxygens (including phenoxy) is 4. The number of nitrogen functional groups attached to an aromatic ring is 1. The van der Waals surface area contributed by atoms with Crippen LogP contribution >= 0.6 is 0 Å². The van der Waals surface area contributed by atoms with E-state index in [1.165, 1.54) is 6.33 Å². The van der Waals surface area contributed by atoms with Crippen molar-refractivity contribution < 1.29 is 41.5 Å². The van der Waals surface area contributed by atoms with Crippen molar-refractivity contribution >= 4 is 52.2 Å². The molecule has 310 valence electrons. The van der Waals surface area contributed by atoms with E-state index in [4.69, 9.17) is 43.4 Å².